The van der Waals surface area contributed by atoms with Crippen molar-refractivity contribution in [2.45, 2.75) is 32.4 Å². The molecule has 0 aliphatic rings. The number of hydrogen-bond donors (Lipinski definition) is 1. The van der Waals surface area contributed by atoms with Gasteiger partial charge in [0.25, 0.3) is 0 Å². The van der Waals surface area contributed by atoms with Crippen molar-refractivity contribution in [2.24, 2.45) is 0 Å². The van der Waals surface area contributed by atoms with E-state index >= 15 is 0 Å². The van der Waals surface area contributed by atoms with E-state index in [4.69, 9.17) is 0 Å². The third kappa shape index (κ3) is 2.87. The van der Waals surface area contributed by atoms with Gasteiger partial charge in [-0.25, -0.2) is 0 Å². The Bertz CT molecular complexity index is 572. The Morgan fingerprint density at radius 2 is 1.70 bits per heavy atom. The number of nitrogens with zero attached hydrogens (tertiary/aromatic N) is 1. The SMILES string of the molecule is CCNC(c1ccc2ccccc2c1)C(C)(C)N(C)C. The van der Waals surface area contributed by atoms with Gasteiger partial charge in [-0.15, -0.1) is 0 Å². The molecule has 0 aromatic heterocycles. The minimum absolute atomic E-state index is 0.0540. The summed E-state index contributed by atoms with van der Waals surface area (Å²) in [4.78, 5) is 2.29. The van der Waals surface area contributed by atoms with Crippen molar-refractivity contribution in [3.8, 4) is 0 Å². The average molecular weight is 270 g/mol. The Kier molecular flexibility index (Phi) is 4.46. The summed E-state index contributed by atoms with van der Waals surface area (Å²) < 4.78 is 0. The molecule has 2 heteroatoms. The highest BCUT2D eigenvalue weighted by Crippen LogP contribution is 2.31. The lowest BCUT2D eigenvalue weighted by Gasteiger charge is -2.41. The zero-order chi connectivity index (χ0) is 14.8. The molecule has 0 spiro atoms. The maximum atomic E-state index is 3.64. The maximum absolute atomic E-state index is 3.64. The van der Waals surface area contributed by atoms with Gasteiger partial charge in [-0.05, 0) is 56.9 Å². The van der Waals surface area contributed by atoms with Gasteiger partial charge < -0.3 is 10.2 Å². The molecule has 1 N–H and O–H groups in total. The molecule has 1 atom stereocenters. The standard InChI is InChI=1S/C18H26N2/c1-6-19-17(18(2,3)20(4)5)16-12-11-14-9-7-8-10-15(14)13-16/h7-13,17,19H,6H2,1-5H3. The highest BCUT2D eigenvalue weighted by atomic mass is 15.2. The fourth-order valence-electron chi connectivity index (χ4n) is 2.63. The van der Waals surface area contributed by atoms with Crippen LogP contribution in [0.2, 0.25) is 0 Å². The van der Waals surface area contributed by atoms with E-state index in [9.17, 15) is 0 Å². The molecule has 108 valence electrons. The molecule has 0 amide bonds. The van der Waals surface area contributed by atoms with Crippen molar-refractivity contribution in [3.63, 3.8) is 0 Å². The van der Waals surface area contributed by atoms with E-state index in [0.29, 0.717) is 6.04 Å². The number of likely N-dealkylation sites (N-methyl/N-ethyl adjacent to an activating group) is 2. The highest BCUT2D eigenvalue weighted by Gasteiger charge is 2.32. The minimum atomic E-state index is 0.0540. The molecule has 2 aromatic carbocycles. The topological polar surface area (TPSA) is 15.3 Å². The van der Waals surface area contributed by atoms with Gasteiger partial charge >= 0.3 is 0 Å². The zero-order valence-electron chi connectivity index (χ0n) is 13.3. The second-order valence-corrected chi connectivity index (χ2v) is 6.15. The molecular weight excluding hydrogens is 244 g/mol. The van der Waals surface area contributed by atoms with Gasteiger partial charge in [-0.3, -0.25) is 0 Å². The molecule has 0 saturated heterocycles. The zero-order valence-corrected chi connectivity index (χ0v) is 13.3. The summed E-state index contributed by atoms with van der Waals surface area (Å²) in [5.41, 5.74) is 1.41. The molecule has 0 aliphatic heterocycles. The second-order valence-electron chi connectivity index (χ2n) is 6.15. The number of rotatable bonds is 5. The smallest absolute Gasteiger partial charge is 0.0501 e. The first kappa shape index (κ1) is 15.0. The summed E-state index contributed by atoms with van der Waals surface area (Å²) in [6.45, 7) is 7.71. The van der Waals surface area contributed by atoms with Crippen LogP contribution >= 0.6 is 0 Å². The molecule has 0 radical (unpaired) electrons. The summed E-state index contributed by atoms with van der Waals surface area (Å²) in [6.07, 6.45) is 0. The lowest BCUT2D eigenvalue weighted by molar-refractivity contribution is 0.139. The van der Waals surface area contributed by atoms with Crippen LogP contribution < -0.4 is 5.32 Å². The summed E-state index contributed by atoms with van der Waals surface area (Å²) in [5, 5.41) is 6.25. The van der Waals surface area contributed by atoms with Gasteiger partial charge in [0.1, 0.15) is 0 Å². The number of benzene rings is 2. The van der Waals surface area contributed by atoms with Crippen molar-refractivity contribution in [2.75, 3.05) is 20.6 Å². The van der Waals surface area contributed by atoms with Crippen molar-refractivity contribution >= 4 is 10.8 Å². The van der Waals surface area contributed by atoms with Crippen molar-refractivity contribution < 1.29 is 0 Å². The Hall–Kier alpha value is -1.38. The molecular formula is C18H26N2. The number of nitrogens with one attached hydrogen (secondary N) is 1. The van der Waals surface area contributed by atoms with Gasteiger partial charge in [0.15, 0.2) is 0 Å². The third-order valence-electron chi connectivity index (χ3n) is 4.37. The molecule has 1 unspecified atom stereocenters. The van der Waals surface area contributed by atoms with E-state index in [1.54, 1.807) is 0 Å². The average Bonchev–Trinajstić information content (AvgIpc) is 2.44. The predicted molar refractivity (Wildman–Crippen MR) is 88.1 cm³/mol. The van der Waals surface area contributed by atoms with Gasteiger partial charge in [0.05, 0.1) is 6.04 Å². The van der Waals surface area contributed by atoms with Crippen LogP contribution in [-0.2, 0) is 0 Å². The molecule has 2 aromatic rings. The first-order chi connectivity index (χ1) is 9.46. The predicted octanol–water partition coefficient (Wildman–Crippen LogP) is 3.83. The Balaban J connectivity index is 2.46. The van der Waals surface area contributed by atoms with Crippen LogP contribution in [0.3, 0.4) is 0 Å². The fourth-order valence-corrected chi connectivity index (χ4v) is 2.63. The van der Waals surface area contributed by atoms with Gasteiger partial charge in [0, 0.05) is 5.54 Å². The Labute approximate surface area is 122 Å². The normalized spacial score (nSPS) is 13.9. The van der Waals surface area contributed by atoms with E-state index in [1.807, 2.05) is 0 Å². The van der Waals surface area contributed by atoms with Crippen LogP contribution in [0.1, 0.15) is 32.4 Å². The van der Waals surface area contributed by atoms with Crippen LogP contribution in [0.15, 0.2) is 42.5 Å². The number of fused-ring (bicyclic) bond motifs is 1. The van der Waals surface area contributed by atoms with Crippen molar-refractivity contribution in [1.82, 2.24) is 10.2 Å². The summed E-state index contributed by atoms with van der Waals surface area (Å²) in [6, 6.07) is 15.6. The van der Waals surface area contributed by atoms with E-state index < -0.39 is 0 Å². The van der Waals surface area contributed by atoms with Crippen LogP contribution in [-0.4, -0.2) is 31.1 Å². The second kappa shape index (κ2) is 5.94. The molecule has 20 heavy (non-hydrogen) atoms. The molecule has 0 saturated carbocycles. The van der Waals surface area contributed by atoms with Gasteiger partial charge in [-0.1, -0.05) is 43.3 Å². The summed E-state index contributed by atoms with van der Waals surface area (Å²) >= 11 is 0. The first-order valence-corrected chi connectivity index (χ1v) is 7.36. The Morgan fingerprint density at radius 3 is 2.30 bits per heavy atom. The summed E-state index contributed by atoms with van der Waals surface area (Å²) in [7, 11) is 4.29. The van der Waals surface area contributed by atoms with Crippen LogP contribution in [0.25, 0.3) is 10.8 Å². The third-order valence-corrected chi connectivity index (χ3v) is 4.37. The highest BCUT2D eigenvalue weighted by molar-refractivity contribution is 5.83. The molecule has 2 rings (SSSR count). The fraction of sp³-hybridized carbons (Fsp3) is 0.444. The van der Waals surface area contributed by atoms with Crippen molar-refractivity contribution in [1.29, 1.82) is 0 Å². The van der Waals surface area contributed by atoms with Gasteiger partial charge in [0.2, 0.25) is 0 Å². The van der Waals surface area contributed by atoms with E-state index in [0.717, 1.165) is 6.54 Å². The van der Waals surface area contributed by atoms with Crippen LogP contribution in [0.4, 0.5) is 0 Å². The first-order valence-electron chi connectivity index (χ1n) is 7.36. The summed E-state index contributed by atoms with van der Waals surface area (Å²) in [5.74, 6) is 0. The minimum Gasteiger partial charge on any atom is -0.309 e. The molecule has 0 heterocycles. The van der Waals surface area contributed by atoms with Crippen LogP contribution in [0.5, 0.6) is 0 Å². The van der Waals surface area contributed by atoms with E-state index in [-0.39, 0.29) is 5.54 Å². The Morgan fingerprint density at radius 1 is 1.05 bits per heavy atom. The monoisotopic (exact) mass is 270 g/mol. The molecule has 2 nitrogen and oxygen atoms in total. The van der Waals surface area contributed by atoms with Crippen molar-refractivity contribution in [3.05, 3.63) is 48.0 Å². The maximum Gasteiger partial charge on any atom is 0.0501 e. The van der Waals surface area contributed by atoms with Gasteiger partial charge in [-0.2, -0.15) is 0 Å². The molecule has 0 aliphatic carbocycles. The largest absolute Gasteiger partial charge is 0.309 e. The van der Waals surface area contributed by atoms with E-state index in [1.165, 1.54) is 16.3 Å². The molecule has 0 fully saturated rings. The quantitative estimate of drug-likeness (QED) is 0.888. The van der Waals surface area contributed by atoms with E-state index in [2.05, 4.69) is 87.5 Å². The lowest BCUT2D eigenvalue weighted by Crippen LogP contribution is -2.49. The van der Waals surface area contributed by atoms with Crippen LogP contribution in [0, 0.1) is 0 Å². The molecule has 0 bridgehead atoms. The lowest BCUT2D eigenvalue weighted by atomic mass is 9.86. The number of hydrogen-bond acceptors (Lipinski definition) is 2.